The average Bonchev–Trinajstić information content (AvgIpc) is 3.39. The molecule has 3 heterocycles. The fraction of sp³-hybridized carbons (Fsp3) is 0.348. The summed E-state index contributed by atoms with van der Waals surface area (Å²) in [6.45, 7) is 8.96. The van der Waals surface area contributed by atoms with Crippen LogP contribution >= 0.6 is 11.3 Å². The van der Waals surface area contributed by atoms with Crippen LogP contribution in [0.15, 0.2) is 52.0 Å². The monoisotopic (exact) mass is 422 g/mol. The molecule has 2 aromatic heterocycles. The normalized spacial score (nSPS) is 17.0. The Kier molecular flexibility index (Phi) is 5.72. The summed E-state index contributed by atoms with van der Waals surface area (Å²) in [6, 6.07) is 11.7. The van der Waals surface area contributed by atoms with E-state index in [1.165, 1.54) is 5.56 Å². The van der Waals surface area contributed by atoms with E-state index < -0.39 is 0 Å². The van der Waals surface area contributed by atoms with Crippen molar-refractivity contribution < 1.29 is 9.32 Å². The molecule has 1 unspecified atom stereocenters. The van der Waals surface area contributed by atoms with Crippen molar-refractivity contribution in [3.8, 4) is 10.7 Å². The highest BCUT2D eigenvalue weighted by atomic mass is 32.1. The van der Waals surface area contributed by atoms with Gasteiger partial charge in [0.25, 0.3) is 5.89 Å². The van der Waals surface area contributed by atoms with Crippen molar-refractivity contribution in [3.05, 3.63) is 64.5 Å². The summed E-state index contributed by atoms with van der Waals surface area (Å²) in [5.41, 5.74) is 3.85. The summed E-state index contributed by atoms with van der Waals surface area (Å²) < 4.78 is 5.69. The molecule has 4 rings (SSSR count). The lowest BCUT2D eigenvalue weighted by molar-refractivity contribution is 0.202. The number of aryl methyl sites for hydroxylation is 1. The van der Waals surface area contributed by atoms with Crippen LogP contribution in [-0.4, -0.2) is 27.6 Å². The van der Waals surface area contributed by atoms with Crippen LogP contribution in [0.5, 0.6) is 0 Å². The molecule has 7 heteroatoms. The van der Waals surface area contributed by atoms with E-state index in [-0.39, 0.29) is 12.1 Å². The number of hydrogen-bond donors (Lipinski definition) is 1. The summed E-state index contributed by atoms with van der Waals surface area (Å²) in [4.78, 5) is 20.4. The third-order valence-electron chi connectivity index (χ3n) is 5.34. The van der Waals surface area contributed by atoms with Gasteiger partial charge in [0.2, 0.25) is 5.82 Å². The molecule has 0 saturated heterocycles. The van der Waals surface area contributed by atoms with E-state index in [1.807, 2.05) is 55.6 Å². The first-order chi connectivity index (χ1) is 14.4. The number of allylic oxidation sites excluding steroid dienone is 1. The Morgan fingerprint density at radius 3 is 2.63 bits per heavy atom. The van der Waals surface area contributed by atoms with Crippen molar-refractivity contribution in [3.63, 3.8) is 0 Å². The molecule has 0 radical (unpaired) electrons. The third-order valence-corrected chi connectivity index (χ3v) is 6.20. The zero-order valence-corrected chi connectivity index (χ0v) is 18.5. The maximum atomic E-state index is 13.0. The lowest BCUT2D eigenvalue weighted by atomic mass is 9.94. The number of nitrogens with one attached hydrogen (secondary N) is 1. The maximum Gasteiger partial charge on any atom is 0.322 e. The van der Waals surface area contributed by atoms with Gasteiger partial charge in [0.1, 0.15) is 0 Å². The Balaban J connectivity index is 1.78. The van der Waals surface area contributed by atoms with Crippen molar-refractivity contribution in [1.82, 2.24) is 20.4 Å². The number of amides is 2. The predicted molar refractivity (Wildman–Crippen MR) is 119 cm³/mol. The highest BCUT2D eigenvalue weighted by molar-refractivity contribution is 7.13. The van der Waals surface area contributed by atoms with E-state index in [4.69, 9.17) is 4.52 Å². The van der Waals surface area contributed by atoms with Crippen molar-refractivity contribution >= 4 is 22.9 Å². The van der Waals surface area contributed by atoms with Gasteiger partial charge < -0.3 is 9.84 Å². The van der Waals surface area contributed by atoms with Gasteiger partial charge in [0, 0.05) is 12.2 Å². The standard InChI is InChI=1S/C23H26N4O2S/c1-14(2)11-12-27-16(4)19(22-25-21(26-29-22)18-6-5-13-30-18)20(24-23(27)28)17-9-7-15(3)8-10-17/h5-10,13-14,20H,11-12H2,1-4H3,(H,24,28). The number of nitrogens with zero attached hydrogens (tertiary/aromatic N) is 3. The van der Waals surface area contributed by atoms with Crippen molar-refractivity contribution in [1.29, 1.82) is 0 Å². The first-order valence-corrected chi connectivity index (χ1v) is 11.1. The number of urea groups is 1. The van der Waals surface area contributed by atoms with E-state index >= 15 is 0 Å². The minimum Gasteiger partial charge on any atom is -0.334 e. The first kappa shape index (κ1) is 20.3. The van der Waals surface area contributed by atoms with Crippen LogP contribution in [-0.2, 0) is 0 Å². The lowest BCUT2D eigenvalue weighted by Gasteiger charge is -2.35. The van der Waals surface area contributed by atoms with Gasteiger partial charge in [-0.2, -0.15) is 4.98 Å². The molecule has 1 aromatic carbocycles. The Morgan fingerprint density at radius 1 is 1.20 bits per heavy atom. The molecule has 0 saturated carbocycles. The highest BCUT2D eigenvalue weighted by Crippen LogP contribution is 2.37. The van der Waals surface area contributed by atoms with Crippen LogP contribution in [0.2, 0.25) is 0 Å². The van der Waals surface area contributed by atoms with Gasteiger partial charge in [0.05, 0.1) is 16.5 Å². The minimum atomic E-state index is -0.343. The predicted octanol–water partition coefficient (Wildman–Crippen LogP) is 5.65. The number of carbonyl (C=O) groups excluding carboxylic acids is 1. The van der Waals surface area contributed by atoms with Crippen LogP contribution < -0.4 is 5.32 Å². The van der Waals surface area contributed by atoms with E-state index in [0.29, 0.717) is 24.2 Å². The summed E-state index contributed by atoms with van der Waals surface area (Å²) in [5, 5.41) is 9.33. The minimum absolute atomic E-state index is 0.0968. The van der Waals surface area contributed by atoms with Gasteiger partial charge in [-0.3, -0.25) is 4.90 Å². The van der Waals surface area contributed by atoms with Crippen LogP contribution in [0.1, 0.15) is 50.3 Å². The summed E-state index contributed by atoms with van der Waals surface area (Å²) >= 11 is 1.57. The van der Waals surface area contributed by atoms with E-state index in [0.717, 1.165) is 28.1 Å². The number of benzene rings is 1. The Bertz CT molecular complexity index is 1050. The molecule has 2 amide bonds. The topological polar surface area (TPSA) is 71.3 Å². The van der Waals surface area contributed by atoms with Crippen LogP contribution in [0.4, 0.5) is 4.79 Å². The zero-order valence-electron chi connectivity index (χ0n) is 17.7. The SMILES string of the molecule is CC1=C(c2nc(-c3cccs3)no2)C(c2ccc(C)cc2)NC(=O)N1CCC(C)C. The quantitative estimate of drug-likeness (QED) is 0.557. The molecule has 3 aromatic rings. The molecule has 6 nitrogen and oxygen atoms in total. The Morgan fingerprint density at radius 2 is 1.97 bits per heavy atom. The van der Waals surface area contributed by atoms with Gasteiger partial charge in [-0.1, -0.05) is 54.9 Å². The average molecular weight is 423 g/mol. The number of hydrogen-bond acceptors (Lipinski definition) is 5. The lowest BCUT2D eigenvalue weighted by Crippen LogP contribution is -2.46. The van der Waals surface area contributed by atoms with Gasteiger partial charge in [-0.15, -0.1) is 11.3 Å². The van der Waals surface area contributed by atoms with Crippen molar-refractivity contribution in [2.24, 2.45) is 5.92 Å². The first-order valence-electron chi connectivity index (χ1n) is 10.2. The summed E-state index contributed by atoms with van der Waals surface area (Å²) in [7, 11) is 0. The van der Waals surface area contributed by atoms with Crippen molar-refractivity contribution in [2.75, 3.05) is 6.54 Å². The smallest absolute Gasteiger partial charge is 0.322 e. The summed E-state index contributed by atoms with van der Waals surface area (Å²) in [5.74, 6) is 1.50. The van der Waals surface area contributed by atoms with E-state index in [2.05, 4.69) is 29.3 Å². The summed E-state index contributed by atoms with van der Waals surface area (Å²) in [6.07, 6.45) is 0.914. The van der Waals surface area contributed by atoms with Gasteiger partial charge in [-0.25, -0.2) is 4.79 Å². The fourth-order valence-electron chi connectivity index (χ4n) is 3.56. The third kappa shape index (κ3) is 4.03. The molecule has 1 atom stereocenters. The molecule has 0 fully saturated rings. The van der Waals surface area contributed by atoms with Crippen molar-refractivity contribution in [2.45, 2.75) is 40.2 Å². The molecule has 156 valence electrons. The molecule has 1 N–H and O–H groups in total. The molecule has 1 aliphatic rings. The molecule has 30 heavy (non-hydrogen) atoms. The second-order valence-corrected chi connectivity index (χ2v) is 8.97. The second kappa shape index (κ2) is 8.44. The number of rotatable bonds is 6. The largest absolute Gasteiger partial charge is 0.334 e. The zero-order chi connectivity index (χ0) is 21.3. The van der Waals surface area contributed by atoms with Gasteiger partial charge >= 0.3 is 6.03 Å². The van der Waals surface area contributed by atoms with Gasteiger partial charge in [-0.05, 0) is 43.2 Å². The van der Waals surface area contributed by atoms with E-state index in [9.17, 15) is 4.79 Å². The highest BCUT2D eigenvalue weighted by Gasteiger charge is 2.35. The molecule has 0 bridgehead atoms. The van der Waals surface area contributed by atoms with Crippen LogP contribution in [0.3, 0.4) is 0 Å². The van der Waals surface area contributed by atoms with Crippen LogP contribution in [0.25, 0.3) is 16.3 Å². The molecule has 0 spiro atoms. The number of aromatic nitrogens is 2. The Labute approximate surface area is 180 Å². The fourth-order valence-corrected chi connectivity index (χ4v) is 4.21. The Hall–Kier alpha value is -2.93. The maximum absolute atomic E-state index is 13.0. The second-order valence-electron chi connectivity index (χ2n) is 8.03. The molecule has 0 aliphatic carbocycles. The number of carbonyl (C=O) groups is 1. The van der Waals surface area contributed by atoms with E-state index in [1.54, 1.807) is 16.2 Å². The molecular weight excluding hydrogens is 396 g/mol. The number of thiophene rings is 1. The van der Waals surface area contributed by atoms with Gasteiger partial charge in [0.15, 0.2) is 0 Å². The van der Waals surface area contributed by atoms with Crippen LogP contribution in [0, 0.1) is 12.8 Å². The molecular formula is C23H26N4O2S. The molecule has 1 aliphatic heterocycles.